The van der Waals surface area contributed by atoms with E-state index in [1.807, 2.05) is 12.1 Å². The molecule has 0 spiro atoms. The zero-order valence-corrected chi connectivity index (χ0v) is 16.0. The van der Waals surface area contributed by atoms with Crippen LogP contribution in [-0.2, 0) is 16.1 Å². The quantitative estimate of drug-likeness (QED) is 0.818. The fourth-order valence-corrected chi connectivity index (χ4v) is 3.42. The molecule has 2 heterocycles. The van der Waals surface area contributed by atoms with Gasteiger partial charge in [-0.15, -0.1) is 0 Å². The number of ether oxygens (including phenoxy) is 1. The molecule has 28 heavy (non-hydrogen) atoms. The van der Waals surface area contributed by atoms with Crippen molar-refractivity contribution >= 4 is 23.5 Å². The molecule has 1 aromatic carbocycles. The maximum Gasteiger partial charge on any atom is 0.339 e. The lowest BCUT2D eigenvalue weighted by molar-refractivity contribution is -0.135. The second-order valence-corrected chi connectivity index (χ2v) is 6.76. The van der Waals surface area contributed by atoms with Crippen molar-refractivity contribution < 1.29 is 28.6 Å². The van der Waals surface area contributed by atoms with Crippen molar-refractivity contribution in [3.63, 3.8) is 0 Å². The summed E-state index contributed by atoms with van der Waals surface area (Å²) in [5.41, 5.74) is 0.718. The van der Waals surface area contributed by atoms with Gasteiger partial charge in [0.2, 0.25) is 11.8 Å². The van der Waals surface area contributed by atoms with E-state index in [1.54, 1.807) is 31.0 Å². The molecule has 0 unspecified atom stereocenters. The highest BCUT2D eigenvalue weighted by atomic mass is 16.5. The number of benzene rings is 1. The second-order valence-electron chi connectivity index (χ2n) is 6.76. The molecular formula is C20H22N2O6. The van der Waals surface area contributed by atoms with Crippen molar-refractivity contribution in [2.75, 3.05) is 25.6 Å². The van der Waals surface area contributed by atoms with E-state index in [-0.39, 0.29) is 36.9 Å². The van der Waals surface area contributed by atoms with Gasteiger partial charge in [0.15, 0.2) is 0 Å². The first-order valence-corrected chi connectivity index (χ1v) is 8.82. The number of methoxy groups -OCH3 is 1. The molecule has 2 amide bonds. The summed E-state index contributed by atoms with van der Waals surface area (Å²) < 4.78 is 10.7. The van der Waals surface area contributed by atoms with E-state index in [4.69, 9.17) is 14.3 Å². The van der Waals surface area contributed by atoms with Crippen LogP contribution in [0.3, 0.4) is 0 Å². The molecule has 8 heteroatoms. The van der Waals surface area contributed by atoms with Crippen LogP contribution in [0.2, 0.25) is 0 Å². The topological polar surface area (TPSA) is 100 Å². The SMILES string of the molecule is COc1ccccc1N1C[C@H](C(=O)N(C)Cc2cc(C(=O)O)c(C)o2)CC1=O. The fourth-order valence-electron chi connectivity index (χ4n) is 3.42. The summed E-state index contributed by atoms with van der Waals surface area (Å²) in [6.07, 6.45) is 0.110. The Morgan fingerprint density at radius 3 is 2.71 bits per heavy atom. The lowest BCUT2D eigenvalue weighted by Gasteiger charge is -2.21. The van der Waals surface area contributed by atoms with Gasteiger partial charge in [0.05, 0.1) is 25.3 Å². The minimum atomic E-state index is -1.07. The predicted molar refractivity (Wildman–Crippen MR) is 100 cm³/mol. The van der Waals surface area contributed by atoms with E-state index in [2.05, 4.69) is 0 Å². The zero-order chi connectivity index (χ0) is 20.4. The number of anilines is 1. The van der Waals surface area contributed by atoms with Crippen LogP contribution in [0.5, 0.6) is 5.75 Å². The first kappa shape index (κ1) is 19.5. The average molecular weight is 386 g/mol. The second kappa shape index (κ2) is 7.75. The Bertz CT molecular complexity index is 919. The maximum atomic E-state index is 12.8. The van der Waals surface area contributed by atoms with Gasteiger partial charge in [-0.1, -0.05) is 12.1 Å². The van der Waals surface area contributed by atoms with Gasteiger partial charge in [-0.05, 0) is 25.1 Å². The standard InChI is InChI=1S/C20H22N2O6/c1-12-15(20(25)26)9-14(28-12)11-21(2)19(24)13-8-18(23)22(10-13)16-6-4-5-7-17(16)27-3/h4-7,9,13H,8,10-11H2,1-3H3,(H,25,26)/t13-/m1/s1. The van der Waals surface area contributed by atoms with Crippen molar-refractivity contribution in [3.8, 4) is 5.75 Å². The predicted octanol–water partition coefficient (Wildman–Crippen LogP) is 2.31. The number of carbonyl (C=O) groups is 3. The van der Waals surface area contributed by atoms with E-state index in [0.29, 0.717) is 23.0 Å². The van der Waals surface area contributed by atoms with Gasteiger partial charge in [-0.3, -0.25) is 9.59 Å². The molecule has 0 radical (unpaired) electrons. The third-order valence-electron chi connectivity index (χ3n) is 4.82. The monoisotopic (exact) mass is 386 g/mol. The third-order valence-corrected chi connectivity index (χ3v) is 4.82. The number of rotatable bonds is 6. The van der Waals surface area contributed by atoms with Crippen LogP contribution in [0.4, 0.5) is 5.69 Å². The number of carboxylic acids is 1. The van der Waals surface area contributed by atoms with Crippen LogP contribution in [0.15, 0.2) is 34.7 Å². The normalized spacial score (nSPS) is 16.3. The summed E-state index contributed by atoms with van der Waals surface area (Å²) in [7, 11) is 3.14. The number of para-hydroxylation sites is 2. The van der Waals surface area contributed by atoms with Crippen LogP contribution in [0.1, 0.15) is 28.3 Å². The molecule has 3 rings (SSSR count). The summed E-state index contributed by atoms with van der Waals surface area (Å²) in [5.74, 6) is -0.648. The van der Waals surface area contributed by atoms with Gasteiger partial charge in [0.25, 0.3) is 0 Å². The number of hydrogen-bond donors (Lipinski definition) is 1. The average Bonchev–Trinajstić information content (AvgIpc) is 3.23. The Hall–Kier alpha value is -3.29. The highest BCUT2D eigenvalue weighted by Crippen LogP contribution is 2.33. The lowest BCUT2D eigenvalue weighted by Crippen LogP contribution is -2.34. The van der Waals surface area contributed by atoms with Crippen LogP contribution < -0.4 is 9.64 Å². The maximum absolute atomic E-state index is 12.8. The Morgan fingerprint density at radius 1 is 1.36 bits per heavy atom. The summed E-state index contributed by atoms with van der Waals surface area (Å²) in [4.78, 5) is 39.4. The van der Waals surface area contributed by atoms with E-state index in [1.165, 1.54) is 18.1 Å². The molecule has 2 aromatic rings. The van der Waals surface area contributed by atoms with Crippen LogP contribution in [-0.4, -0.2) is 48.5 Å². The van der Waals surface area contributed by atoms with Crippen molar-refractivity contribution in [2.24, 2.45) is 5.92 Å². The molecular weight excluding hydrogens is 364 g/mol. The van der Waals surface area contributed by atoms with Gasteiger partial charge >= 0.3 is 5.97 Å². The van der Waals surface area contributed by atoms with Crippen LogP contribution in [0.25, 0.3) is 0 Å². The third kappa shape index (κ3) is 3.71. The molecule has 1 aliphatic heterocycles. The number of furan rings is 1. The van der Waals surface area contributed by atoms with E-state index in [0.717, 1.165) is 0 Å². The van der Waals surface area contributed by atoms with Gasteiger partial charge < -0.3 is 24.1 Å². The molecule has 8 nitrogen and oxygen atoms in total. The summed E-state index contributed by atoms with van der Waals surface area (Å²) in [6.45, 7) is 1.96. The molecule has 148 valence electrons. The molecule has 1 saturated heterocycles. The Labute approximate surface area is 162 Å². The zero-order valence-electron chi connectivity index (χ0n) is 16.0. The number of amides is 2. The van der Waals surface area contributed by atoms with Crippen molar-refractivity contribution in [2.45, 2.75) is 19.9 Å². The Balaban J connectivity index is 1.70. The largest absolute Gasteiger partial charge is 0.495 e. The van der Waals surface area contributed by atoms with Gasteiger partial charge in [0, 0.05) is 20.0 Å². The summed E-state index contributed by atoms with van der Waals surface area (Å²) in [5, 5.41) is 9.11. The molecule has 1 fully saturated rings. The molecule has 1 aliphatic rings. The molecule has 1 N–H and O–H groups in total. The molecule has 0 aliphatic carbocycles. The van der Waals surface area contributed by atoms with Gasteiger partial charge in [-0.2, -0.15) is 0 Å². The number of hydrogen-bond acceptors (Lipinski definition) is 5. The minimum Gasteiger partial charge on any atom is -0.495 e. The highest BCUT2D eigenvalue weighted by molar-refractivity contribution is 6.01. The van der Waals surface area contributed by atoms with Gasteiger partial charge in [0.1, 0.15) is 22.8 Å². The number of carboxylic acid groups (broad SMARTS) is 1. The van der Waals surface area contributed by atoms with Crippen LogP contribution >= 0.6 is 0 Å². The first-order chi connectivity index (χ1) is 13.3. The smallest absolute Gasteiger partial charge is 0.339 e. The fraction of sp³-hybridized carbons (Fsp3) is 0.350. The Kier molecular flexibility index (Phi) is 5.39. The number of aryl methyl sites for hydroxylation is 1. The van der Waals surface area contributed by atoms with E-state index < -0.39 is 11.9 Å². The highest BCUT2D eigenvalue weighted by Gasteiger charge is 2.37. The molecule has 0 saturated carbocycles. The van der Waals surface area contributed by atoms with Crippen molar-refractivity contribution in [1.82, 2.24) is 4.90 Å². The van der Waals surface area contributed by atoms with Crippen LogP contribution in [0, 0.1) is 12.8 Å². The number of carbonyl (C=O) groups excluding carboxylic acids is 2. The summed E-state index contributed by atoms with van der Waals surface area (Å²) >= 11 is 0. The van der Waals surface area contributed by atoms with Crippen molar-refractivity contribution in [3.05, 3.63) is 47.4 Å². The minimum absolute atomic E-state index is 0.0780. The molecule has 1 aromatic heterocycles. The first-order valence-electron chi connectivity index (χ1n) is 8.82. The van der Waals surface area contributed by atoms with E-state index in [9.17, 15) is 14.4 Å². The molecule has 0 bridgehead atoms. The number of aromatic carboxylic acids is 1. The van der Waals surface area contributed by atoms with Gasteiger partial charge in [-0.25, -0.2) is 4.79 Å². The van der Waals surface area contributed by atoms with Crippen molar-refractivity contribution in [1.29, 1.82) is 0 Å². The van der Waals surface area contributed by atoms with E-state index >= 15 is 0 Å². The molecule has 1 atom stereocenters. The Morgan fingerprint density at radius 2 is 2.07 bits per heavy atom. The lowest BCUT2D eigenvalue weighted by atomic mass is 10.1. The number of nitrogens with zero attached hydrogens (tertiary/aromatic N) is 2. The summed E-state index contributed by atoms with van der Waals surface area (Å²) in [6, 6.07) is 8.60.